The molecule has 1 aromatic rings. The minimum Gasteiger partial charge on any atom is -0.362 e. The predicted molar refractivity (Wildman–Crippen MR) is 63.9 cm³/mol. The van der Waals surface area contributed by atoms with Crippen molar-refractivity contribution in [2.45, 2.75) is 32.7 Å². The van der Waals surface area contributed by atoms with Gasteiger partial charge in [0.15, 0.2) is 0 Å². The Morgan fingerprint density at radius 1 is 1.62 bits per heavy atom. The fourth-order valence-electron chi connectivity index (χ4n) is 1.42. The molecule has 1 atom stereocenters. The number of anilines is 1. The van der Waals surface area contributed by atoms with Crippen molar-refractivity contribution in [1.29, 1.82) is 0 Å². The number of pyridine rings is 1. The zero-order chi connectivity index (χ0) is 12.1. The molecule has 1 heterocycles. The zero-order valence-corrected chi connectivity index (χ0v) is 9.99. The quantitative estimate of drug-likeness (QED) is 0.490. The van der Waals surface area contributed by atoms with Crippen LogP contribution in [0.4, 0.5) is 11.5 Å². The lowest BCUT2D eigenvalue weighted by molar-refractivity contribution is -0.384. The molecule has 0 saturated carbocycles. The van der Waals surface area contributed by atoms with Gasteiger partial charge in [-0.3, -0.25) is 10.1 Å². The van der Waals surface area contributed by atoms with Gasteiger partial charge in [0.2, 0.25) is 5.82 Å². The summed E-state index contributed by atoms with van der Waals surface area (Å²) in [6.07, 6.45) is 1.92. The number of nitrogens with zero attached hydrogens (tertiary/aromatic N) is 2. The highest BCUT2D eigenvalue weighted by atomic mass is 35.5. The molecule has 1 rings (SSSR count). The van der Waals surface area contributed by atoms with Gasteiger partial charge >= 0.3 is 5.69 Å². The normalized spacial score (nSPS) is 12.2. The Kier molecular flexibility index (Phi) is 4.49. The van der Waals surface area contributed by atoms with Crippen molar-refractivity contribution < 1.29 is 4.92 Å². The molecule has 0 amide bonds. The molecular formula is C10H14ClN3O2. The molecule has 16 heavy (non-hydrogen) atoms. The Bertz CT molecular complexity index is 384. The second kappa shape index (κ2) is 5.65. The highest BCUT2D eigenvalue weighted by Gasteiger charge is 2.16. The van der Waals surface area contributed by atoms with E-state index < -0.39 is 4.92 Å². The van der Waals surface area contributed by atoms with Gasteiger partial charge < -0.3 is 5.32 Å². The smallest absolute Gasteiger partial charge is 0.311 e. The molecule has 0 aliphatic heterocycles. The number of rotatable bonds is 5. The third-order valence-corrected chi connectivity index (χ3v) is 2.35. The number of nitro groups is 1. The van der Waals surface area contributed by atoms with Gasteiger partial charge in [0, 0.05) is 12.1 Å². The maximum atomic E-state index is 10.8. The van der Waals surface area contributed by atoms with Crippen LogP contribution in [0.15, 0.2) is 12.1 Å². The molecule has 1 N–H and O–H groups in total. The molecule has 1 unspecified atom stereocenters. The summed E-state index contributed by atoms with van der Waals surface area (Å²) in [7, 11) is 0. The topological polar surface area (TPSA) is 68.1 Å². The van der Waals surface area contributed by atoms with E-state index in [2.05, 4.69) is 17.2 Å². The number of aromatic nitrogens is 1. The highest BCUT2D eigenvalue weighted by Crippen LogP contribution is 2.24. The molecule has 0 aliphatic carbocycles. The molecule has 0 spiro atoms. The Balaban J connectivity index is 2.92. The molecule has 0 fully saturated rings. The van der Waals surface area contributed by atoms with E-state index in [9.17, 15) is 10.1 Å². The van der Waals surface area contributed by atoms with Crippen LogP contribution in [-0.4, -0.2) is 15.9 Å². The van der Waals surface area contributed by atoms with Gasteiger partial charge in [-0.05, 0) is 19.4 Å². The number of nitrogens with one attached hydrogen (secondary N) is 1. The van der Waals surface area contributed by atoms with Crippen LogP contribution in [0.25, 0.3) is 0 Å². The van der Waals surface area contributed by atoms with Crippen LogP contribution in [0.2, 0.25) is 5.15 Å². The maximum absolute atomic E-state index is 10.8. The molecule has 0 radical (unpaired) electrons. The third-order valence-electron chi connectivity index (χ3n) is 2.14. The molecule has 88 valence electrons. The lowest BCUT2D eigenvalue weighted by atomic mass is 10.2. The number of halogens is 1. The molecule has 0 aromatic carbocycles. The van der Waals surface area contributed by atoms with Crippen LogP contribution in [0, 0.1) is 10.1 Å². The molecule has 0 bridgehead atoms. The van der Waals surface area contributed by atoms with E-state index in [4.69, 9.17) is 11.6 Å². The molecule has 5 nitrogen and oxygen atoms in total. The summed E-state index contributed by atoms with van der Waals surface area (Å²) in [5.41, 5.74) is -0.0487. The lowest BCUT2D eigenvalue weighted by Gasteiger charge is -2.13. The van der Waals surface area contributed by atoms with Crippen molar-refractivity contribution in [2.75, 3.05) is 5.32 Å². The largest absolute Gasteiger partial charge is 0.362 e. The van der Waals surface area contributed by atoms with E-state index in [1.807, 2.05) is 6.92 Å². The van der Waals surface area contributed by atoms with Gasteiger partial charge in [-0.15, -0.1) is 0 Å². The van der Waals surface area contributed by atoms with Crippen molar-refractivity contribution >= 4 is 23.1 Å². The molecule has 6 heteroatoms. The first-order valence-corrected chi connectivity index (χ1v) is 5.49. The monoisotopic (exact) mass is 243 g/mol. The summed E-state index contributed by atoms with van der Waals surface area (Å²) in [6, 6.07) is 2.90. The van der Waals surface area contributed by atoms with Gasteiger partial charge in [-0.25, -0.2) is 4.98 Å². The second-order valence-electron chi connectivity index (χ2n) is 3.59. The molecule has 0 saturated heterocycles. The fourth-order valence-corrected chi connectivity index (χ4v) is 1.57. The first-order chi connectivity index (χ1) is 7.54. The summed E-state index contributed by atoms with van der Waals surface area (Å²) < 4.78 is 0. The summed E-state index contributed by atoms with van der Waals surface area (Å²) in [5, 5.41) is 14.0. The van der Waals surface area contributed by atoms with Crippen LogP contribution in [0.5, 0.6) is 0 Å². The van der Waals surface area contributed by atoms with E-state index in [0.29, 0.717) is 0 Å². The SMILES string of the molecule is CCCC(C)Nc1nc(Cl)ccc1[N+](=O)[O-]. The van der Waals surface area contributed by atoms with Crippen molar-refractivity contribution in [3.05, 3.63) is 27.4 Å². The van der Waals surface area contributed by atoms with Crippen molar-refractivity contribution in [2.24, 2.45) is 0 Å². The molecule has 0 aliphatic rings. The first kappa shape index (κ1) is 12.7. The van der Waals surface area contributed by atoms with Crippen molar-refractivity contribution in [3.63, 3.8) is 0 Å². The lowest BCUT2D eigenvalue weighted by Crippen LogP contribution is -2.16. The Labute approximate surface area is 99.0 Å². The van der Waals surface area contributed by atoms with Gasteiger partial charge in [-0.1, -0.05) is 24.9 Å². The third kappa shape index (κ3) is 3.34. The minimum absolute atomic E-state index is 0.0487. The van der Waals surface area contributed by atoms with Crippen LogP contribution in [0.1, 0.15) is 26.7 Å². The standard InChI is InChI=1S/C10H14ClN3O2/c1-3-4-7(2)12-10-8(14(15)16)5-6-9(11)13-10/h5-7H,3-4H2,1-2H3,(H,12,13). The highest BCUT2D eigenvalue weighted by molar-refractivity contribution is 6.29. The Hall–Kier alpha value is -1.36. The number of hydrogen-bond donors (Lipinski definition) is 1. The van der Waals surface area contributed by atoms with Gasteiger partial charge in [0.25, 0.3) is 0 Å². The summed E-state index contributed by atoms with van der Waals surface area (Å²) in [6.45, 7) is 4.01. The molecule has 1 aromatic heterocycles. The Morgan fingerprint density at radius 3 is 2.88 bits per heavy atom. The zero-order valence-electron chi connectivity index (χ0n) is 9.24. The van der Waals surface area contributed by atoms with E-state index in [1.54, 1.807) is 0 Å². The summed E-state index contributed by atoms with van der Waals surface area (Å²) in [5.74, 6) is 0.235. The fraction of sp³-hybridized carbons (Fsp3) is 0.500. The van der Waals surface area contributed by atoms with E-state index in [-0.39, 0.29) is 22.7 Å². The first-order valence-electron chi connectivity index (χ1n) is 5.12. The minimum atomic E-state index is -0.468. The van der Waals surface area contributed by atoms with Crippen LogP contribution in [0.3, 0.4) is 0 Å². The maximum Gasteiger partial charge on any atom is 0.311 e. The molecular weight excluding hydrogens is 230 g/mol. The number of hydrogen-bond acceptors (Lipinski definition) is 4. The van der Waals surface area contributed by atoms with Gasteiger partial charge in [0.05, 0.1) is 4.92 Å². The van der Waals surface area contributed by atoms with E-state index >= 15 is 0 Å². The van der Waals surface area contributed by atoms with Crippen LogP contribution < -0.4 is 5.32 Å². The summed E-state index contributed by atoms with van der Waals surface area (Å²) >= 11 is 5.71. The average molecular weight is 244 g/mol. The van der Waals surface area contributed by atoms with Crippen LogP contribution in [-0.2, 0) is 0 Å². The predicted octanol–water partition coefficient (Wildman–Crippen LogP) is 3.24. The van der Waals surface area contributed by atoms with E-state index in [0.717, 1.165) is 12.8 Å². The van der Waals surface area contributed by atoms with Crippen molar-refractivity contribution in [3.8, 4) is 0 Å². The van der Waals surface area contributed by atoms with Gasteiger partial charge in [-0.2, -0.15) is 0 Å². The van der Waals surface area contributed by atoms with E-state index in [1.165, 1.54) is 12.1 Å². The average Bonchev–Trinajstić information content (AvgIpc) is 2.17. The Morgan fingerprint density at radius 2 is 2.31 bits per heavy atom. The summed E-state index contributed by atoms with van der Waals surface area (Å²) in [4.78, 5) is 14.2. The second-order valence-corrected chi connectivity index (χ2v) is 3.98. The van der Waals surface area contributed by atoms with Gasteiger partial charge in [0.1, 0.15) is 5.15 Å². The van der Waals surface area contributed by atoms with Crippen LogP contribution >= 0.6 is 11.6 Å². The van der Waals surface area contributed by atoms with Crippen molar-refractivity contribution in [1.82, 2.24) is 4.98 Å².